The van der Waals surface area contributed by atoms with Gasteiger partial charge in [0.05, 0.1) is 12.2 Å². The van der Waals surface area contributed by atoms with Gasteiger partial charge in [0, 0.05) is 10.3 Å². The molecule has 1 atom stereocenters. The molecule has 0 aliphatic rings. The molecule has 0 aromatic rings. The molecule has 0 heterocycles. The van der Waals surface area contributed by atoms with E-state index in [-0.39, 0.29) is 24.2 Å². The van der Waals surface area contributed by atoms with E-state index >= 15 is 0 Å². The molecule has 0 fully saturated rings. The lowest BCUT2D eigenvalue weighted by Crippen LogP contribution is -2.26. The van der Waals surface area contributed by atoms with Gasteiger partial charge in [0.15, 0.2) is 6.23 Å². The van der Waals surface area contributed by atoms with Gasteiger partial charge in [-0.25, -0.2) is 0 Å². The molecule has 0 radical (unpaired) electrons. The van der Waals surface area contributed by atoms with Crippen LogP contribution in [0.3, 0.4) is 0 Å². The lowest BCUT2D eigenvalue weighted by atomic mass is 9.98. The summed E-state index contributed by atoms with van der Waals surface area (Å²) < 4.78 is 10.9. The van der Waals surface area contributed by atoms with Crippen LogP contribution in [0.4, 0.5) is 0 Å². The fourth-order valence-electron chi connectivity index (χ4n) is 0.933. The van der Waals surface area contributed by atoms with Gasteiger partial charge in [-0.2, -0.15) is 0 Å². The Morgan fingerprint density at radius 3 is 2.28 bits per heavy atom. The average molecular weight is 253 g/mol. The standard InChI is InChI=1S/C13H23N3O2/c1-12(2,3)8-7-9-17-11(15-16-14)10-18-13(4,5)6/h11H,9-10H2,1-6H3. The number of hydrogen-bond acceptors (Lipinski definition) is 3. The minimum Gasteiger partial charge on any atom is -0.373 e. The molecule has 5 nitrogen and oxygen atoms in total. The fourth-order valence-corrected chi connectivity index (χ4v) is 0.933. The van der Waals surface area contributed by atoms with Gasteiger partial charge in [0.2, 0.25) is 0 Å². The molecule has 0 spiro atoms. The molecule has 102 valence electrons. The maximum Gasteiger partial charge on any atom is 0.161 e. The molecule has 0 saturated heterocycles. The summed E-state index contributed by atoms with van der Waals surface area (Å²) >= 11 is 0. The van der Waals surface area contributed by atoms with Crippen LogP contribution in [-0.4, -0.2) is 25.0 Å². The first-order valence-electron chi connectivity index (χ1n) is 5.94. The predicted molar refractivity (Wildman–Crippen MR) is 71.8 cm³/mol. The van der Waals surface area contributed by atoms with E-state index in [1.54, 1.807) is 0 Å². The molecular weight excluding hydrogens is 230 g/mol. The van der Waals surface area contributed by atoms with Crippen LogP contribution < -0.4 is 0 Å². The summed E-state index contributed by atoms with van der Waals surface area (Å²) in [6, 6.07) is 0. The van der Waals surface area contributed by atoms with Crippen molar-refractivity contribution in [1.29, 1.82) is 0 Å². The second-order valence-electron chi connectivity index (χ2n) is 5.95. The van der Waals surface area contributed by atoms with Gasteiger partial charge in [-0.1, -0.05) is 17.0 Å². The maximum absolute atomic E-state index is 8.44. The van der Waals surface area contributed by atoms with E-state index < -0.39 is 6.23 Å². The van der Waals surface area contributed by atoms with Gasteiger partial charge in [-0.15, -0.1) is 0 Å². The highest BCUT2D eigenvalue weighted by molar-refractivity contribution is 5.07. The number of azide groups is 1. The molecular formula is C13H23N3O2. The number of rotatable bonds is 5. The normalized spacial score (nSPS) is 13.2. The molecule has 0 amide bonds. The second-order valence-corrected chi connectivity index (χ2v) is 5.95. The summed E-state index contributed by atoms with van der Waals surface area (Å²) in [6.07, 6.45) is -0.636. The summed E-state index contributed by atoms with van der Waals surface area (Å²) in [7, 11) is 0. The molecule has 0 rings (SSSR count). The molecule has 1 unspecified atom stereocenters. The van der Waals surface area contributed by atoms with Crippen molar-refractivity contribution in [2.45, 2.75) is 53.4 Å². The third-order valence-corrected chi connectivity index (χ3v) is 1.65. The molecule has 0 aliphatic carbocycles. The van der Waals surface area contributed by atoms with Crippen LogP contribution in [0.15, 0.2) is 5.11 Å². The van der Waals surface area contributed by atoms with Crippen LogP contribution in [-0.2, 0) is 9.47 Å². The summed E-state index contributed by atoms with van der Waals surface area (Å²) in [4.78, 5) is 2.74. The first kappa shape index (κ1) is 16.8. The Hall–Kier alpha value is -1.21. The molecule has 0 saturated carbocycles. The minimum atomic E-state index is -0.636. The SMILES string of the molecule is CC(C)(C)C#CCOC(COC(C)(C)C)N=[N+]=[N-]. The smallest absolute Gasteiger partial charge is 0.161 e. The molecule has 0 N–H and O–H groups in total. The van der Waals surface area contributed by atoms with Crippen LogP contribution in [0.2, 0.25) is 0 Å². The van der Waals surface area contributed by atoms with E-state index in [1.165, 1.54) is 0 Å². The molecule has 0 aromatic carbocycles. The van der Waals surface area contributed by atoms with E-state index in [0.717, 1.165) is 0 Å². The van der Waals surface area contributed by atoms with E-state index in [2.05, 4.69) is 21.9 Å². The van der Waals surface area contributed by atoms with Crippen LogP contribution in [0.25, 0.3) is 10.4 Å². The van der Waals surface area contributed by atoms with Crippen molar-refractivity contribution in [3.8, 4) is 11.8 Å². The zero-order valence-electron chi connectivity index (χ0n) is 12.1. The van der Waals surface area contributed by atoms with E-state index in [9.17, 15) is 0 Å². The first-order valence-corrected chi connectivity index (χ1v) is 5.94. The van der Waals surface area contributed by atoms with Crippen molar-refractivity contribution in [3.63, 3.8) is 0 Å². The Kier molecular flexibility index (Phi) is 6.79. The van der Waals surface area contributed by atoms with Crippen molar-refractivity contribution in [2.24, 2.45) is 10.5 Å². The highest BCUT2D eigenvalue weighted by Crippen LogP contribution is 2.10. The van der Waals surface area contributed by atoms with Crippen LogP contribution in [0.5, 0.6) is 0 Å². The molecule has 0 bridgehead atoms. The summed E-state index contributed by atoms with van der Waals surface area (Å²) in [5.41, 5.74) is 8.09. The van der Waals surface area contributed by atoms with Crippen molar-refractivity contribution in [1.82, 2.24) is 0 Å². The van der Waals surface area contributed by atoms with Crippen LogP contribution in [0.1, 0.15) is 41.5 Å². The maximum atomic E-state index is 8.44. The van der Waals surface area contributed by atoms with Crippen molar-refractivity contribution < 1.29 is 9.47 Å². The van der Waals surface area contributed by atoms with Crippen molar-refractivity contribution >= 4 is 0 Å². The minimum absolute atomic E-state index is 0.0563. The zero-order chi connectivity index (χ0) is 14.2. The Morgan fingerprint density at radius 2 is 1.83 bits per heavy atom. The Morgan fingerprint density at radius 1 is 1.22 bits per heavy atom. The van der Waals surface area contributed by atoms with Gasteiger partial charge in [0.25, 0.3) is 0 Å². The lowest BCUT2D eigenvalue weighted by molar-refractivity contribution is -0.0640. The quantitative estimate of drug-likeness (QED) is 0.325. The first-order chi connectivity index (χ1) is 8.14. The van der Waals surface area contributed by atoms with Gasteiger partial charge < -0.3 is 9.47 Å². The van der Waals surface area contributed by atoms with Crippen LogP contribution >= 0.6 is 0 Å². The third-order valence-electron chi connectivity index (χ3n) is 1.65. The molecule has 0 aliphatic heterocycles. The lowest BCUT2D eigenvalue weighted by Gasteiger charge is -2.21. The highest BCUT2D eigenvalue weighted by Gasteiger charge is 2.14. The molecule has 18 heavy (non-hydrogen) atoms. The van der Waals surface area contributed by atoms with E-state index in [4.69, 9.17) is 15.0 Å². The van der Waals surface area contributed by atoms with Gasteiger partial charge in [-0.05, 0) is 47.1 Å². The summed E-state index contributed by atoms with van der Waals surface area (Å²) in [5, 5.41) is 3.53. The monoisotopic (exact) mass is 253 g/mol. The third kappa shape index (κ3) is 11.3. The fraction of sp³-hybridized carbons (Fsp3) is 0.846. The Balaban J connectivity index is 4.20. The Labute approximate surface area is 109 Å². The highest BCUT2D eigenvalue weighted by atomic mass is 16.5. The molecule has 0 aromatic heterocycles. The second kappa shape index (κ2) is 7.27. The van der Waals surface area contributed by atoms with E-state index in [1.807, 2.05) is 41.5 Å². The average Bonchev–Trinajstić information content (AvgIpc) is 2.18. The van der Waals surface area contributed by atoms with E-state index in [0.29, 0.717) is 0 Å². The van der Waals surface area contributed by atoms with Crippen LogP contribution in [0, 0.1) is 17.3 Å². The van der Waals surface area contributed by atoms with Crippen molar-refractivity contribution in [2.75, 3.05) is 13.2 Å². The Bertz CT molecular complexity index is 349. The number of hydrogen-bond donors (Lipinski definition) is 0. The topological polar surface area (TPSA) is 67.2 Å². The van der Waals surface area contributed by atoms with Gasteiger partial charge >= 0.3 is 0 Å². The number of nitrogens with zero attached hydrogens (tertiary/aromatic N) is 3. The van der Waals surface area contributed by atoms with Gasteiger partial charge in [0.1, 0.15) is 6.61 Å². The summed E-state index contributed by atoms with van der Waals surface area (Å²) in [6.45, 7) is 12.3. The number of ether oxygens (including phenoxy) is 2. The van der Waals surface area contributed by atoms with Crippen molar-refractivity contribution in [3.05, 3.63) is 10.4 Å². The zero-order valence-corrected chi connectivity index (χ0v) is 12.1. The summed E-state index contributed by atoms with van der Waals surface area (Å²) in [5.74, 6) is 5.94. The van der Waals surface area contributed by atoms with Gasteiger partial charge in [-0.3, -0.25) is 0 Å². The predicted octanol–water partition coefficient (Wildman–Crippen LogP) is 3.50. The molecule has 5 heteroatoms. The largest absolute Gasteiger partial charge is 0.373 e.